The molecular formula is C42H70O47S6. The van der Waals surface area contributed by atoms with Crippen molar-refractivity contribution in [1.82, 2.24) is 0 Å². The highest BCUT2D eigenvalue weighted by atomic mass is 32.3. The molecule has 6 aliphatic rings. The van der Waals surface area contributed by atoms with Crippen LogP contribution in [0.25, 0.3) is 0 Å². The van der Waals surface area contributed by atoms with Crippen molar-refractivity contribution in [3.05, 3.63) is 11.8 Å². The van der Waals surface area contributed by atoms with Crippen LogP contribution in [0.3, 0.4) is 0 Å². The second-order valence-electron chi connectivity index (χ2n) is 21.3. The quantitative estimate of drug-likeness (QED) is 0.0287. The summed E-state index contributed by atoms with van der Waals surface area (Å²) in [4.78, 5) is 24.6. The highest BCUT2D eigenvalue weighted by Gasteiger charge is 2.56. The first-order valence-electron chi connectivity index (χ1n) is 26.6. The zero-order chi connectivity index (χ0) is 70.7. The molecule has 0 amide bonds. The number of ether oxygens (including phenoxy) is 11. The van der Waals surface area contributed by atoms with Crippen molar-refractivity contribution in [3.8, 4) is 0 Å². The van der Waals surface area contributed by atoms with Crippen LogP contribution < -0.4 is 0 Å². The molecule has 6 aliphatic heterocycles. The molecule has 5 fully saturated rings. The van der Waals surface area contributed by atoms with E-state index in [-0.39, 0.29) is 7.43 Å². The van der Waals surface area contributed by atoms with E-state index >= 15 is 0 Å². The Kier molecular flexibility index (Phi) is 28.9. The molecule has 18 unspecified atom stereocenters. The van der Waals surface area contributed by atoms with Crippen molar-refractivity contribution >= 4 is 74.3 Å². The summed E-state index contributed by atoms with van der Waals surface area (Å²) in [7, 11) is -33.0. The van der Waals surface area contributed by atoms with E-state index in [9.17, 15) is 138 Å². The maximum atomic E-state index is 12.7. The van der Waals surface area contributed by atoms with E-state index in [0.717, 1.165) is 13.8 Å². The summed E-state index contributed by atoms with van der Waals surface area (Å²) in [5.41, 5.74) is 0. The normalized spacial score (nSPS) is 39.5. The second kappa shape index (κ2) is 33.2. The Morgan fingerprint density at radius 3 is 1.31 bits per heavy atom. The zero-order valence-electron chi connectivity index (χ0n) is 47.6. The number of hydrogen-bond donors (Lipinski definition) is 16. The molecule has 0 saturated carbocycles. The van der Waals surface area contributed by atoms with Crippen molar-refractivity contribution in [2.24, 2.45) is 29.6 Å². The predicted molar refractivity (Wildman–Crippen MR) is 287 cm³/mol. The molecule has 0 radical (unpaired) electrons. The van der Waals surface area contributed by atoms with Crippen LogP contribution in [0.1, 0.15) is 21.3 Å². The van der Waals surface area contributed by atoms with Gasteiger partial charge in [-0.25, -0.2) is 34.7 Å². The maximum Gasteiger partial charge on any atom is 0.397 e. The van der Waals surface area contributed by atoms with Gasteiger partial charge in [-0.3, -0.25) is 27.3 Å². The molecule has 6 heterocycles. The Balaban J connectivity index is 0.0000163. The average Bonchev–Trinajstić information content (AvgIpc) is 0.795. The number of carboxylic acid groups (broad SMARTS) is 2. The summed E-state index contributed by atoms with van der Waals surface area (Å²) in [5, 5.41) is 110. The molecule has 0 aliphatic carbocycles. The molecule has 27 atom stereocenters. The molecule has 556 valence electrons. The molecule has 16 N–H and O–H groups in total. The van der Waals surface area contributed by atoms with Gasteiger partial charge in [0, 0.05) is 29.6 Å². The van der Waals surface area contributed by atoms with Gasteiger partial charge >= 0.3 is 74.3 Å². The molecule has 5 saturated heterocycles. The minimum Gasteiger partial charge on any atom is -0.479 e. The highest BCUT2D eigenvalue weighted by molar-refractivity contribution is 7.82. The highest BCUT2D eigenvalue weighted by Crippen LogP contribution is 2.39. The smallest absolute Gasteiger partial charge is 0.397 e. The van der Waals surface area contributed by atoms with Crippen molar-refractivity contribution < 1.29 is 216 Å². The molecule has 53 heteroatoms. The van der Waals surface area contributed by atoms with Gasteiger partial charge in [-0.15, -0.1) is 0 Å². The molecule has 0 bridgehead atoms. The number of carbonyl (C=O) groups is 2. The Labute approximate surface area is 538 Å². The van der Waals surface area contributed by atoms with Gasteiger partial charge in [-0.1, -0.05) is 7.43 Å². The monoisotopic (exact) mass is 1520 g/mol. The zero-order valence-corrected chi connectivity index (χ0v) is 52.5. The van der Waals surface area contributed by atoms with Crippen molar-refractivity contribution in [1.29, 1.82) is 0 Å². The average molecular weight is 1520 g/mol. The molecule has 0 aromatic rings. The van der Waals surface area contributed by atoms with Gasteiger partial charge in [0.15, 0.2) is 43.5 Å². The van der Waals surface area contributed by atoms with Crippen LogP contribution in [0, 0.1) is 29.6 Å². The van der Waals surface area contributed by atoms with E-state index in [1.54, 1.807) is 0 Å². The number of aliphatic hydroxyl groups excluding tert-OH is 8. The fourth-order valence-electron chi connectivity index (χ4n) is 10.4. The molecular weight excluding hydrogens is 1450 g/mol. The first-order chi connectivity index (χ1) is 43.1. The molecule has 95 heavy (non-hydrogen) atoms. The maximum absolute atomic E-state index is 12.7. The Bertz CT molecular complexity index is 3300. The van der Waals surface area contributed by atoms with Crippen LogP contribution in [0.2, 0.25) is 0 Å². The van der Waals surface area contributed by atoms with Crippen LogP contribution in [0.4, 0.5) is 0 Å². The summed E-state index contributed by atoms with van der Waals surface area (Å²) >= 11 is 0. The SMILES string of the molecule is C.CC1O[C@@H](OCC2C(CO[C@@H]3OC(C(=O)O)[C@@H](O)C(COC4OC(COS(=O)(=O)O)[C@@H](O)C(CO[C@@H]5OC(C)[C@@H](OS(=O)(=O)O)C(O)C5OS(=O)(=O)O)C4CO[C@@H]4OC(C(=O)O)=CC(O)C4O)C3O)COC(COS(=O)(=O)O)[C@H]2O)C(OS(=O)(=O)O)C(O)[C@@H]1OS(=O)(=O)O. The fourth-order valence-corrected chi connectivity index (χ4v) is 13.1. The molecule has 6 rings (SSSR count). The van der Waals surface area contributed by atoms with Gasteiger partial charge in [0.05, 0.1) is 83.4 Å². The lowest BCUT2D eigenvalue weighted by Gasteiger charge is -2.47. The van der Waals surface area contributed by atoms with Crippen molar-refractivity contribution in [3.63, 3.8) is 0 Å². The van der Waals surface area contributed by atoms with Gasteiger partial charge in [-0.2, -0.15) is 50.5 Å². The lowest BCUT2D eigenvalue weighted by atomic mass is 9.82. The first-order valence-corrected chi connectivity index (χ1v) is 34.8. The number of rotatable bonds is 31. The summed E-state index contributed by atoms with van der Waals surface area (Å²) in [6.07, 6.45) is -48.2. The summed E-state index contributed by atoms with van der Waals surface area (Å²) in [6.45, 7) is -6.73. The van der Waals surface area contributed by atoms with Crippen LogP contribution in [-0.2, 0) is 149 Å². The number of hydrogen-bond acceptors (Lipinski definition) is 39. The third-order valence-corrected chi connectivity index (χ3v) is 17.6. The third kappa shape index (κ3) is 23.5. The molecule has 47 nitrogen and oxygen atoms in total. The van der Waals surface area contributed by atoms with Gasteiger partial charge in [-0.05, 0) is 19.9 Å². The van der Waals surface area contributed by atoms with E-state index in [2.05, 4.69) is 25.1 Å². The number of aliphatic carboxylic acids is 2. The number of aliphatic hydroxyl groups is 8. The fraction of sp³-hybridized carbons (Fsp3) is 0.905. The van der Waals surface area contributed by atoms with E-state index in [4.69, 9.17) is 52.1 Å². The van der Waals surface area contributed by atoms with Gasteiger partial charge in [0.25, 0.3) is 0 Å². The Morgan fingerprint density at radius 2 is 0.842 bits per heavy atom. The van der Waals surface area contributed by atoms with Crippen molar-refractivity contribution in [2.75, 3.05) is 52.9 Å². The molecule has 0 spiro atoms. The van der Waals surface area contributed by atoms with Crippen LogP contribution in [-0.4, -0.2) is 329 Å². The Morgan fingerprint density at radius 1 is 0.432 bits per heavy atom. The molecule has 0 aromatic heterocycles. The van der Waals surface area contributed by atoms with Crippen LogP contribution >= 0.6 is 0 Å². The summed E-state index contributed by atoms with van der Waals surface area (Å²) in [6, 6.07) is 0. The van der Waals surface area contributed by atoms with E-state index in [1.165, 1.54) is 0 Å². The third-order valence-electron chi connectivity index (χ3n) is 14.9. The summed E-state index contributed by atoms with van der Waals surface area (Å²) < 4.78 is 285. The molecule has 0 aromatic carbocycles. The first kappa shape index (κ1) is 82.6. The van der Waals surface area contributed by atoms with Gasteiger partial charge < -0.3 is 103 Å². The van der Waals surface area contributed by atoms with Gasteiger partial charge in [0.2, 0.25) is 12.0 Å². The topological polar surface area (TPSA) is 720 Å². The minimum atomic E-state index is -5.71. The van der Waals surface area contributed by atoms with Gasteiger partial charge in [0.1, 0.15) is 54.9 Å². The predicted octanol–water partition coefficient (Wildman–Crippen LogP) is -9.19. The standard InChI is InChI=1S/C41H66O47S6.CH4/c1-12-30(85-91(60,61)62)28(48)33(87-93(66,67)68)40(80-12)76-6-15-14(4-72-21(23(15)43)10-78-89(54,55)56)5-73-38-26(46)18(25(45)32(84-38)36(52)53)9-74-37-17(8-75-39-27(47)19(42)3-20(82-39)35(50)51)16(24(44)22(83-37)11-79-90(57,58)59)7-77-41-34(88-94(69,70)71)29(49)31(13(2)81-41)86-92(63,64)65;/h3,12-19,21-34,37-49H,4-11H2,1-2H3,(H,50,51)(H,52,53)(H,54,55,56)(H,57,58,59)(H,60,61,62)(H,63,64,65)(H,66,67,68)(H,69,70,71);1H4/t12?,13?,14?,15?,16?,17?,18?,19?,21?,22?,23-,24-,25-,26?,27?,28?,29?,30+,31+,32?,33?,34?,37?,38+,39+,40+,41+;/m0./s1. The van der Waals surface area contributed by atoms with Crippen LogP contribution in [0.5, 0.6) is 0 Å². The van der Waals surface area contributed by atoms with Crippen LogP contribution in [0.15, 0.2) is 11.8 Å². The van der Waals surface area contributed by atoms with E-state index in [1.807, 2.05) is 0 Å². The second-order valence-corrected chi connectivity index (χ2v) is 27.7. The van der Waals surface area contributed by atoms with E-state index < -0.39 is 298 Å². The Hall–Kier alpha value is -3.02. The lowest BCUT2D eigenvalue weighted by Crippen LogP contribution is -2.62. The largest absolute Gasteiger partial charge is 0.479 e. The van der Waals surface area contributed by atoms with E-state index in [0.29, 0.717) is 6.08 Å². The van der Waals surface area contributed by atoms with Crippen molar-refractivity contribution in [2.45, 2.75) is 156 Å². The lowest BCUT2D eigenvalue weighted by molar-refractivity contribution is -0.327. The number of carboxylic acids is 2. The minimum absolute atomic E-state index is 0. The summed E-state index contributed by atoms with van der Waals surface area (Å²) in [5.74, 6) is -13.6.